The first-order valence-corrected chi connectivity index (χ1v) is 21.6. The van der Waals surface area contributed by atoms with Crippen LogP contribution in [0.5, 0.6) is 0 Å². The minimum atomic E-state index is -5.30. The summed E-state index contributed by atoms with van der Waals surface area (Å²) in [7, 11) is 0. The highest BCUT2D eigenvalue weighted by atomic mass is 19.4. The van der Waals surface area contributed by atoms with Crippen LogP contribution in [0.4, 0.5) is 57.1 Å². The van der Waals surface area contributed by atoms with Crippen molar-refractivity contribution in [3.8, 4) is 73.2 Å². The Morgan fingerprint density at radius 2 is 0.722 bits per heavy atom. The average Bonchev–Trinajstić information content (AvgIpc) is 3.68. The van der Waals surface area contributed by atoms with E-state index in [2.05, 4.69) is 0 Å². The van der Waals surface area contributed by atoms with Crippen molar-refractivity contribution in [3.63, 3.8) is 0 Å². The summed E-state index contributed by atoms with van der Waals surface area (Å²) in [4.78, 5) is 14.4. The fraction of sp³-hybridized carbons (Fsp3) is 0.0727. The summed E-state index contributed by atoms with van der Waals surface area (Å²) < 4.78 is 188. The van der Waals surface area contributed by atoms with Crippen molar-refractivity contribution in [3.05, 3.63) is 204 Å². The zero-order chi connectivity index (χ0) is 50.9. The molecule has 0 amide bonds. The first-order chi connectivity index (χ1) is 34.1. The van der Waals surface area contributed by atoms with Gasteiger partial charge in [0.25, 0.3) is 0 Å². The molecule has 0 unspecified atom stereocenters. The maximum absolute atomic E-state index is 16.0. The third-order valence-electron chi connectivity index (χ3n) is 12.1. The molecule has 10 aromatic rings. The maximum Gasteiger partial charge on any atom is 0.417 e. The van der Waals surface area contributed by atoms with E-state index < -0.39 is 63.9 Å². The molecule has 0 saturated heterocycles. The lowest BCUT2D eigenvalue weighted by molar-refractivity contribution is -0.144. The molecular weight excluding hydrogens is 964 g/mol. The number of rotatable bonds is 7. The van der Waals surface area contributed by atoms with Gasteiger partial charge >= 0.3 is 24.7 Å². The first kappa shape index (κ1) is 47.3. The Morgan fingerprint density at radius 3 is 1.15 bits per heavy atom. The van der Waals surface area contributed by atoms with Gasteiger partial charge in [0.1, 0.15) is 5.82 Å². The summed E-state index contributed by atoms with van der Waals surface area (Å²) >= 11 is 0. The minimum Gasteiger partial charge on any atom is -0.309 e. The topological polar surface area (TPSA) is 43.6 Å². The molecule has 0 atom stereocenters. The van der Waals surface area contributed by atoms with E-state index in [9.17, 15) is 52.7 Å². The van der Waals surface area contributed by atoms with E-state index in [1.807, 2.05) is 12.1 Å². The lowest BCUT2D eigenvalue weighted by Gasteiger charge is -2.18. The van der Waals surface area contributed by atoms with Crippen LogP contribution in [0.15, 0.2) is 176 Å². The molecule has 0 saturated carbocycles. The van der Waals surface area contributed by atoms with Crippen LogP contribution in [0.3, 0.4) is 0 Å². The van der Waals surface area contributed by atoms with Crippen molar-refractivity contribution < 1.29 is 57.1 Å². The monoisotopic (exact) mass is 992 g/mol. The van der Waals surface area contributed by atoms with Crippen molar-refractivity contribution in [2.24, 2.45) is 0 Å². The van der Waals surface area contributed by atoms with E-state index in [-0.39, 0.29) is 67.7 Å². The molecule has 2 heterocycles. The smallest absolute Gasteiger partial charge is 0.309 e. The van der Waals surface area contributed by atoms with Crippen LogP contribution in [0.1, 0.15) is 22.3 Å². The van der Waals surface area contributed by atoms with Gasteiger partial charge in [-0.15, -0.1) is 0 Å². The minimum absolute atomic E-state index is 0.0239. The normalized spacial score (nSPS) is 12.5. The van der Waals surface area contributed by atoms with Gasteiger partial charge in [0.05, 0.1) is 39.0 Å². The largest absolute Gasteiger partial charge is 0.417 e. The van der Waals surface area contributed by atoms with Gasteiger partial charge in [0.15, 0.2) is 17.5 Å². The van der Waals surface area contributed by atoms with E-state index in [1.165, 1.54) is 54.6 Å². The lowest BCUT2D eigenvalue weighted by Crippen LogP contribution is -2.12. The van der Waals surface area contributed by atoms with Gasteiger partial charge in [-0.1, -0.05) is 115 Å². The Kier molecular flexibility index (Phi) is 11.5. The van der Waals surface area contributed by atoms with Crippen LogP contribution in [-0.2, 0) is 24.7 Å². The maximum atomic E-state index is 16.0. The molecule has 10 rings (SSSR count). The van der Waals surface area contributed by atoms with Crippen molar-refractivity contribution in [1.82, 2.24) is 19.5 Å². The van der Waals surface area contributed by atoms with Crippen LogP contribution < -0.4 is 0 Å². The molecule has 72 heavy (non-hydrogen) atoms. The summed E-state index contributed by atoms with van der Waals surface area (Å²) in [5.74, 6) is 0.0650. The number of fused-ring (bicyclic) bond motifs is 3. The molecule has 0 N–H and O–H groups in total. The van der Waals surface area contributed by atoms with Crippen LogP contribution in [0.25, 0.3) is 95.0 Å². The first-order valence-electron chi connectivity index (χ1n) is 21.6. The molecule has 0 bridgehead atoms. The molecule has 360 valence electrons. The molecule has 0 fully saturated rings. The predicted molar refractivity (Wildman–Crippen MR) is 247 cm³/mol. The van der Waals surface area contributed by atoms with Gasteiger partial charge in [-0.25, -0.2) is 19.3 Å². The summed E-state index contributed by atoms with van der Waals surface area (Å²) in [6.45, 7) is 0. The average molecular weight is 993 g/mol. The number of alkyl halides is 12. The number of hydrogen-bond acceptors (Lipinski definition) is 3. The van der Waals surface area contributed by atoms with E-state index in [0.717, 1.165) is 0 Å². The third-order valence-corrected chi connectivity index (χ3v) is 12.1. The summed E-state index contributed by atoms with van der Waals surface area (Å²) in [5.41, 5.74) is -5.69. The fourth-order valence-corrected chi connectivity index (χ4v) is 8.73. The van der Waals surface area contributed by atoms with E-state index >= 15 is 4.39 Å². The van der Waals surface area contributed by atoms with Gasteiger partial charge < -0.3 is 4.57 Å². The standard InChI is InChI=1S/C55H29F13N4/c56-45-14-8-7-13-39(45)40-20-15-34(51-70-49(30-9-3-1-4-10-30)69-50(71-51)31-11-5-2-6-12-31)27-48(40)72-46-23-16-32(37-21-18-35(52(57,58)59)28-43(37)54(63,64)65)25-41(46)42-26-33(17-24-47(42)72)38-22-19-36(53(60,61)62)29-44(38)55(66,67)68/h1-29H. The number of aromatic nitrogens is 4. The highest BCUT2D eigenvalue weighted by molar-refractivity contribution is 6.12. The number of hydrogen-bond donors (Lipinski definition) is 0. The summed E-state index contributed by atoms with van der Waals surface area (Å²) in [6.07, 6.45) is -20.9. The number of halogens is 13. The van der Waals surface area contributed by atoms with Crippen LogP contribution in [-0.4, -0.2) is 19.5 Å². The number of nitrogens with zero attached hydrogens (tertiary/aromatic N) is 4. The van der Waals surface area contributed by atoms with Crippen molar-refractivity contribution in [1.29, 1.82) is 0 Å². The molecule has 8 aromatic carbocycles. The Balaban J connectivity index is 1.28. The Labute approximate surface area is 399 Å². The van der Waals surface area contributed by atoms with E-state index in [1.54, 1.807) is 77.4 Å². The van der Waals surface area contributed by atoms with Crippen molar-refractivity contribution >= 4 is 21.8 Å². The van der Waals surface area contributed by atoms with Gasteiger partial charge in [-0.05, 0) is 82.9 Å². The molecule has 0 spiro atoms. The van der Waals surface area contributed by atoms with Gasteiger partial charge in [0, 0.05) is 38.6 Å². The van der Waals surface area contributed by atoms with Crippen LogP contribution >= 0.6 is 0 Å². The van der Waals surface area contributed by atoms with Gasteiger partial charge in [0.2, 0.25) is 0 Å². The summed E-state index contributed by atoms with van der Waals surface area (Å²) in [5, 5.41) is 0.112. The fourth-order valence-electron chi connectivity index (χ4n) is 8.73. The molecule has 0 aliphatic rings. The van der Waals surface area contributed by atoms with Crippen molar-refractivity contribution in [2.75, 3.05) is 0 Å². The Hall–Kier alpha value is -8.34. The van der Waals surface area contributed by atoms with Crippen molar-refractivity contribution in [2.45, 2.75) is 24.7 Å². The highest BCUT2D eigenvalue weighted by Crippen LogP contribution is 2.47. The second-order valence-electron chi connectivity index (χ2n) is 16.6. The molecule has 17 heteroatoms. The molecular formula is C55H29F13N4. The molecule has 2 aromatic heterocycles. The summed E-state index contributed by atoms with van der Waals surface area (Å²) in [6, 6.07) is 38.5. The highest BCUT2D eigenvalue weighted by Gasteiger charge is 2.40. The van der Waals surface area contributed by atoms with Crippen LogP contribution in [0, 0.1) is 5.82 Å². The van der Waals surface area contributed by atoms with Gasteiger partial charge in [-0.2, -0.15) is 52.7 Å². The second-order valence-corrected chi connectivity index (χ2v) is 16.6. The lowest BCUT2D eigenvalue weighted by atomic mass is 9.94. The zero-order valence-corrected chi connectivity index (χ0v) is 36.4. The van der Waals surface area contributed by atoms with Gasteiger partial charge in [-0.3, -0.25) is 0 Å². The molecule has 0 aliphatic carbocycles. The molecule has 0 radical (unpaired) electrons. The predicted octanol–water partition coefficient (Wildman–Crippen LogP) is 17.2. The molecule has 4 nitrogen and oxygen atoms in total. The Morgan fingerprint density at radius 1 is 0.319 bits per heavy atom. The quantitative estimate of drug-likeness (QED) is 0.149. The SMILES string of the molecule is Fc1ccccc1-c1ccc(-c2nc(-c3ccccc3)nc(-c3ccccc3)n2)cc1-n1c2ccc(-c3ccc(C(F)(F)F)cc3C(F)(F)F)cc2c2cc(-c3ccc(C(F)(F)F)cc3C(F)(F)F)ccc21. The molecule has 0 aliphatic heterocycles. The second kappa shape index (κ2) is 17.5. The number of benzene rings is 8. The van der Waals surface area contributed by atoms with E-state index in [4.69, 9.17) is 15.0 Å². The third kappa shape index (κ3) is 8.90. The van der Waals surface area contributed by atoms with E-state index in [0.29, 0.717) is 52.6 Å². The van der Waals surface area contributed by atoms with Crippen LogP contribution in [0.2, 0.25) is 0 Å². The zero-order valence-electron chi connectivity index (χ0n) is 36.4. The Bertz CT molecular complexity index is 3520.